The topological polar surface area (TPSA) is 85.2 Å². The number of nitrogens with one attached hydrogen (secondary N) is 1. The summed E-state index contributed by atoms with van der Waals surface area (Å²) >= 11 is 0. The number of aromatic nitrogens is 2. The number of rotatable bonds is 1. The van der Waals surface area contributed by atoms with E-state index >= 15 is 0 Å². The predicted molar refractivity (Wildman–Crippen MR) is 75.4 cm³/mol. The molecule has 0 saturated heterocycles. The zero-order valence-corrected chi connectivity index (χ0v) is 11.7. The Bertz CT molecular complexity index is 869. The fourth-order valence-electron chi connectivity index (χ4n) is 1.81. The number of hydrogen-bond acceptors (Lipinski definition) is 5. The summed E-state index contributed by atoms with van der Waals surface area (Å²) in [5, 5.41) is 0.372. The van der Waals surface area contributed by atoms with Crippen LogP contribution in [0.3, 0.4) is 0 Å². The minimum atomic E-state index is -0.797. The highest BCUT2D eigenvalue weighted by Crippen LogP contribution is 2.28. The first-order valence-electron chi connectivity index (χ1n) is 6.30. The third-order valence-electron chi connectivity index (χ3n) is 2.69. The van der Waals surface area contributed by atoms with Crippen LogP contribution < -0.4 is 16.0 Å². The maximum Gasteiger partial charge on any atom is 0.351 e. The Hall–Kier alpha value is -2.70. The number of fused-ring (bicyclic) bond motifs is 2. The summed E-state index contributed by atoms with van der Waals surface area (Å²) in [5.74, 6) is -0.674. The summed E-state index contributed by atoms with van der Waals surface area (Å²) in [5.41, 5.74) is -1.08. The highest BCUT2D eigenvalue weighted by molar-refractivity contribution is 5.83. The van der Waals surface area contributed by atoms with E-state index in [-0.39, 0.29) is 22.8 Å². The van der Waals surface area contributed by atoms with Gasteiger partial charge in [-0.15, -0.1) is 0 Å². The van der Waals surface area contributed by atoms with Crippen molar-refractivity contribution in [1.29, 1.82) is 0 Å². The Morgan fingerprint density at radius 3 is 2.62 bits per heavy atom. The highest BCUT2D eigenvalue weighted by atomic mass is 19.1. The molecule has 0 radical (unpaired) electrons. The fourth-order valence-corrected chi connectivity index (χ4v) is 1.81. The Morgan fingerprint density at radius 1 is 1.24 bits per heavy atom. The van der Waals surface area contributed by atoms with Crippen LogP contribution in [0.2, 0.25) is 0 Å². The van der Waals surface area contributed by atoms with Crippen LogP contribution in [0, 0.1) is 5.82 Å². The summed E-state index contributed by atoms with van der Waals surface area (Å²) in [6.45, 7) is 4.00. The van der Waals surface area contributed by atoms with Crippen LogP contribution in [0.25, 0.3) is 22.4 Å². The van der Waals surface area contributed by atoms with Gasteiger partial charge < -0.3 is 9.15 Å². The molecule has 2 heterocycles. The quantitative estimate of drug-likeness (QED) is 0.695. The molecule has 3 rings (SSSR count). The molecule has 0 aliphatic carbocycles. The second kappa shape index (κ2) is 5.74. The van der Waals surface area contributed by atoms with Crippen molar-refractivity contribution in [3.05, 3.63) is 44.9 Å². The maximum absolute atomic E-state index is 13.6. The normalized spacial score (nSPS) is 10.3. The molecule has 0 atom stereocenters. The molecule has 1 aromatic carbocycles. The van der Waals surface area contributed by atoms with Gasteiger partial charge in [0.2, 0.25) is 5.89 Å². The number of methoxy groups -OCH3 is 1. The number of nitrogens with zero attached hydrogens (tertiary/aromatic N) is 1. The molecule has 21 heavy (non-hydrogen) atoms. The van der Waals surface area contributed by atoms with E-state index in [1.54, 1.807) is 0 Å². The lowest BCUT2D eigenvalue weighted by atomic mass is 10.1. The van der Waals surface area contributed by atoms with Crippen LogP contribution in [0.1, 0.15) is 13.8 Å². The SMILES string of the molecule is CC.COc1cc2oc3nc(=O)[nH]c(=O)c-3cc2cc1F. The number of halogens is 1. The van der Waals surface area contributed by atoms with Crippen LogP contribution >= 0.6 is 0 Å². The van der Waals surface area contributed by atoms with Gasteiger partial charge in [0.15, 0.2) is 11.6 Å². The predicted octanol–water partition coefficient (Wildman–Crippen LogP) is 2.16. The first-order valence-corrected chi connectivity index (χ1v) is 6.30. The van der Waals surface area contributed by atoms with Crippen LogP contribution in [-0.4, -0.2) is 17.1 Å². The van der Waals surface area contributed by atoms with E-state index in [0.717, 1.165) is 0 Å². The Balaban J connectivity index is 0.000000774. The number of H-pyrrole nitrogens is 1. The smallest absolute Gasteiger partial charge is 0.351 e. The van der Waals surface area contributed by atoms with Crippen LogP contribution in [0.4, 0.5) is 4.39 Å². The highest BCUT2D eigenvalue weighted by Gasteiger charge is 2.15. The van der Waals surface area contributed by atoms with Crippen molar-refractivity contribution in [3.8, 4) is 17.2 Å². The van der Waals surface area contributed by atoms with Crippen LogP contribution in [0.5, 0.6) is 5.75 Å². The van der Waals surface area contributed by atoms with Gasteiger partial charge in [-0.05, 0) is 12.1 Å². The van der Waals surface area contributed by atoms with Gasteiger partial charge in [0.25, 0.3) is 5.56 Å². The van der Waals surface area contributed by atoms with Gasteiger partial charge in [-0.2, -0.15) is 4.98 Å². The molecule has 2 aliphatic heterocycles. The van der Waals surface area contributed by atoms with Crippen molar-refractivity contribution < 1.29 is 13.5 Å². The summed E-state index contributed by atoms with van der Waals surface area (Å²) < 4.78 is 23.7. The molecule has 0 fully saturated rings. The fraction of sp³-hybridized carbons (Fsp3) is 0.214. The number of aromatic amines is 1. The third-order valence-corrected chi connectivity index (χ3v) is 2.69. The van der Waals surface area contributed by atoms with Crippen LogP contribution in [-0.2, 0) is 0 Å². The minimum Gasteiger partial charge on any atom is -0.494 e. The first kappa shape index (κ1) is 14.7. The van der Waals surface area contributed by atoms with Gasteiger partial charge in [0.1, 0.15) is 11.1 Å². The zero-order valence-electron chi connectivity index (χ0n) is 11.7. The summed E-state index contributed by atoms with van der Waals surface area (Å²) in [4.78, 5) is 28.3. The van der Waals surface area contributed by atoms with Gasteiger partial charge in [-0.25, -0.2) is 9.18 Å². The second-order valence-corrected chi connectivity index (χ2v) is 3.86. The van der Waals surface area contributed by atoms with Crippen molar-refractivity contribution in [3.63, 3.8) is 0 Å². The lowest BCUT2D eigenvalue weighted by molar-refractivity contribution is 0.386. The van der Waals surface area contributed by atoms with E-state index in [2.05, 4.69) is 4.98 Å². The van der Waals surface area contributed by atoms with Gasteiger partial charge in [0, 0.05) is 11.5 Å². The average molecular weight is 292 g/mol. The van der Waals surface area contributed by atoms with E-state index in [4.69, 9.17) is 9.15 Å². The number of benzene rings is 1. The molecule has 7 heteroatoms. The standard InChI is InChI=1S/C12H7FN2O4.C2H6/c1-18-9-4-8-5(3-7(9)13)2-6-10(16)14-12(17)15-11(6)19-8;1-2/h2-4H,1H3,(H,14,16,17);1-2H3. The molecule has 0 saturated carbocycles. The Morgan fingerprint density at radius 2 is 1.95 bits per heavy atom. The van der Waals surface area contributed by atoms with Crippen molar-refractivity contribution in [2.45, 2.75) is 13.8 Å². The monoisotopic (exact) mass is 292 g/mol. The lowest BCUT2D eigenvalue weighted by Gasteiger charge is -2.07. The van der Waals surface area contributed by atoms with Crippen molar-refractivity contribution in [2.24, 2.45) is 0 Å². The molecular formula is C14H13FN2O4. The van der Waals surface area contributed by atoms with E-state index < -0.39 is 17.1 Å². The van der Waals surface area contributed by atoms with Gasteiger partial charge in [-0.3, -0.25) is 9.78 Å². The van der Waals surface area contributed by atoms with Crippen molar-refractivity contribution >= 4 is 11.0 Å². The molecule has 0 aromatic heterocycles. The van der Waals surface area contributed by atoms with Crippen molar-refractivity contribution in [2.75, 3.05) is 7.11 Å². The molecule has 0 bridgehead atoms. The van der Waals surface area contributed by atoms with Gasteiger partial charge in [0.05, 0.1) is 7.11 Å². The molecule has 1 aromatic rings. The summed E-state index contributed by atoms with van der Waals surface area (Å²) in [6.07, 6.45) is 0. The van der Waals surface area contributed by atoms with Gasteiger partial charge in [-0.1, -0.05) is 13.8 Å². The molecule has 0 unspecified atom stereocenters. The van der Waals surface area contributed by atoms with Gasteiger partial charge >= 0.3 is 5.69 Å². The van der Waals surface area contributed by atoms with E-state index in [9.17, 15) is 14.0 Å². The largest absolute Gasteiger partial charge is 0.494 e. The van der Waals surface area contributed by atoms with E-state index in [1.807, 2.05) is 18.8 Å². The summed E-state index contributed by atoms with van der Waals surface area (Å²) in [6, 6.07) is 3.92. The molecule has 0 spiro atoms. The van der Waals surface area contributed by atoms with E-state index in [1.165, 1.54) is 25.3 Å². The zero-order chi connectivity index (χ0) is 15.6. The Kier molecular flexibility index (Phi) is 4.02. The van der Waals surface area contributed by atoms with E-state index in [0.29, 0.717) is 5.39 Å². The van der Waals surface area contributed by atoms with Crippen LogP contribution in [0.15, 0.2) is 32.2 Å². The number of ether oxygens (including phenoxy) is 1. The molecule has 110 valence electrons. The number of hydrogen-bond donors (Lipinski definition) is 1. The molecule has 2 aliphatic rings. The molecule has 6 nitrogen and oxygen atoms in total. The minimum absolute atomic E-state index is 0.00258. The third kappa shape index (κ3) is 2.62. The van der Waals surface area contributed by atoms with Crippen molar-refractivity contribution in [1.82, 2.24) is 9.97 Å². The Labute approximate surface area is 118 Å². The lowest BCUT2D eigenvalue weighted by Crippen LogP contribution is -2.24. The molecule has 1 N–H and O–H groups in total. The molecular weight excluding hydrogens is 279 g/mol. The maximum atomic E-state index is 13.6. The second-order valence-electron chi connectivity index (χ2n) is 3.86. The first-order chi connectivity index (χ1) is 10.1. The average Bonchev–Trinajstić information content (AvgIpc) is 2.47. The summed E-state index contributed by atoms with van der Waals surface area (Å²) in [7, 11) is 1.32. The molecule has 0 amide bonds.